The number of rotatable bonds is 3. The summed E-state index contributed by atoms with van der Waals surface area (Å²) in [4.78, 5) is 6.46. The predicted octanol–water partition coefficient (Wildman–Crippen LogP) is 1.49. The molecular weight excluding hydrogens is 228 g/mol. The summed E-state index contributed by atoms with van der Waals surface area (Å²) in [5.41, 5.74) is 8.10. The van der Waals surface area contributed by atoms with Gasteiger partial charge in [0.1, 0.15) is 0 Å². The van der Waals surface area contributed by atoms with Crippen molar-refractivity contribution in [1.29, 1.82) is 0 Å². The molecule has 0 aromatic carbocycles. The molecule has 2 heterocycles. The van der Waals surface area contributed by atoms with E-state index in [0.29, 0.717) is 5.84 Å². The molecule has 0 bridgehead atoms. The third kappa shape index (κ3) is 2.98. The molecule has 18 heavy (non-hydrogen) atoms. The van der Waals surface area contributed by atoms with Gasteiger partial charge in [-0.1, -0.05) is 17.6 Å². The zero-order chi connectivity index (χ0) is 13.0. The minimum atomic E-state index is 0.0456. The average Bonchev–Trinajstić information content (AvgIpc) is 2.38. The fourth-order valence-electron chi connectivity index (χ4n) is 2.52. The quantitative estimate of drug-likeness (QED) is 0.368. The van der Waals surface area contributed by atoms with Crippen molar-refractivity contribution in [3.63, 3.8) is 0 Å². The molecule has 5 heteroatoms. The Kier molecular flexibility index (Phi) is 4.15. The number of amidine groups is 1. The van der Waals surface area contributed by atoms with Gasteiger partial charge >= 0.3 is 0 Å². The van der Waals surface area contributed by atoms with Gasteiger partial charge < -0.3 is 10.9 Å². The number of aryl methyl sites for hydroxylation is 1. The fraction of sp³-hybridized carbons (Fsp3) is 0.538. The van der Waals surface area contributed by atoms with Gasteiger partial charge in [0.25, 0.3) is 0 Å². The van der Waals surface area contributed by atoms with E-state index < -0.39 is 0 Å². The zero-order valence-corrected chi connectivity index (χ0v) is 10.7. The maximum Gasteiger partial charge on any atom is 0.156 e. The lowest BCUT2D eigenvalue weighted by atomic mass is 10.0. The van der Waals surface area contributed by atoms with Crippen molar-refractivity contribution in [3.8, 4) is 0 Å². The Morgan fingerprint density at radius 2 is 2.39 bits per heavy atom. The van der Waals surface area contributed by atoms with Crippen LogP contribution in [0.25, 0.3) is 0 Å². The number of nitrogens with zero attached hydrogens (tertiary/aromatic N) is 3. The molecule has 1 atom stereocenters. The number of hydrogen-bond donors (Lipinski definition) is 2. The van der Waals surface area contributed by atoms with Crippen LogP contribution in [0.4, 0.5) is 0 Å². The second-order valence-corrected chi connectivity index (χ2v) is 4.88. The number of pyridine rings is 1. The molecule has 3 N–H and O–H groups in total. The van der Waals surface area contributed by atoms with Crippen LogP contribution in [-0.4, -0.2) is 33.5 Å². The normalized spacial score (nSPS) is 22.1. The Balaban J connectivity index is 2.10. The van der Waals surface area contributed by atoms with E-state index in [-0.39, 0.29) is 6.04 Å². The Labute approximate surface area is 107 Å². The first-order valence-corrected chi connectivity index (χ1v) is 6.32. The molecule has 1 fully saturated rings. The summed E-state index contributed by atoms with van der Waals surface area (Å²) in [7, 11) is 0. The molecule has 0 radical (unpaired) electrons. The largest absolute Gasteiger partial charge is 0.409 e. The Hall–Kier alpha value is -1.62. The molecule has 1 aliphatic heterocycles. The minimum absolute atomic E-state index is 0.0456. The number of oxime groups is 1. The van der Waals surface area contributed by atoms with Gasteiger partial charge in [-0.25, -0.2) is 0 Å². The lowest BCUT2D eigenvalue weighted by Crippen LogP contribution is -2.47. The molecule has 1 aromatic heterocycles. The van der Waals surface area contributed by atoms with Crippen molar-refractivity contribution < 1.29 is 5.21 Å². The molecular formula is C13H20N4O. The van der Waals surface area contributed by atoms with Gasteiger partial charge in [-0.15, -0.1) is 0 Å². The van der Waals surface area contributed by atoms with Crippen molar-refractivity contribution in [2.45, 2.75) is 38.8 Å². The third-order valence-electron chi connectivity index (χ3n) is 3.39. The molecule has 1 saturated heterocycles. The highest BCUT2D eigenvalue weighted by Crippen LogP contribution is 2.19. The summed E-state index contributed by atoms with van der Waals surface area (Å²) in [6.45, 7) is 3.82. The molecule has 1 aliphatic rings. The summed E-state index contributed by atoms with van der Waals surface area (Å²) in [6.07, 6.45) is 6.97. The standard InChI is InChI=1S/C13H20N4O/c1-10-6-11(8-15-7-10)9-17-5-3-2-4-12(17)13(14)16-18/h6-8,12,18H,2-5,9H2,1H3,(H2,14,16). The van der Waals surface area contributed by atoms with Gasteiger partial charge in [0, 0.05) is 18.9 Å². The van der Waals surface area contributed by atoms with E-state index in [4.69, 9.17) is 10.9 Å². The average molecular weight is 248 g/mol. The molecule has 98 valence electrons. The first kappa shape index (κ1) is 12.8. The first-order valence-electron chi connectivity index (χ1n) is 6.32. The van der Waals surface area contributed by atoms with E-state index in [9.17, 15) is 0 Å². The molecule has 5 nitrogen and oxygen atoms in total. The molecule has 0 amide bonds. The van der Waals surface area contributed by atoms with Gasteiger partial charge in [-0.3, -0.25) is 9.88 Å². The Morgan fingerprint density at radius 3 is 3.11 bits per heavy atom. The number of likely N-dealkylation sites (tertiary alicyclic amines) is 1. The highest BCUT2D eigenvalue weighted by atomic mass is 16.4. The van der Waals surface area contributed by atoms with E-state index in [1.807, 2.05) is 19.3 Å². The number of piperidine rings is 1. The van der Waals surface area contributed by atoms with Crippen LogP contribution in [0.2, 0.25) is 0 Å². The SMILES string of the molecule is Cc1cncc(CN2CCCCC2/C(N)=N/O)c1. The van der Waals surface area contributed by atoms with E-state index >= 15 is 0 Å². The summed E-state index contributed by atoms with van der Waals surface area (Å²) >= 11 is 0. The lowest BCUT2D eigenvalue weighted by Gasteiger charge is -2.34. The number of nitrogens with two attached hydrogens (primary N) is 1. The monoisotopic (exact) mass is 248 g/mol. The van der Waals surface area contributed by atoms with Crippen LogP contribution in [-0.2, 0) is 6.54 Å². The van der Waals surface area contributed by atoms with Crippen LogP contribution < -0.4 is 5.73 Å². The third-order valence-corrected chi connectivity index (χ3v) is 3.39. The first-order chi connectivity index (χ1) is 8.70. The minimum Gasteiger partial charge on any atom is -0.409 e. The number of aromatic nitrogens is 1. The Morgan fingerprint density at radius 1 is 1.56 bits per heavy atom. The van der Waals surface area contributed by atoms with Crippen LogP contribution >= 0.6 is 0 Å². The smallest absolute Gasteiger partial charge is 0.156 e. The van der Waals surface area contributed by atoms with Crippen LogP contribution in [0.3, 0.4) is 0 Å². The highest BCUT2D eigenvalue weighted by molar-refractivity contribution is 5.85. The van der Waals surface area contributed by atoms with Crippen molar-refractivity contribution in [2.24, 2.45) is 10.9 Å². The highest BCUT2D eigenvalue weighted by Gasteiger charge is 2.25. The van der Waals surface area contributed by atoms with Gasteiger partial charge in [-0.2, -0.15) is 0 Å². The fourth-order valence-corrected chi connectivity index (χ4v) is 2.52. The summed E-state index contributed by atoms with van der Waals surface area (Å²) in [5.74, 6) is 0.315. The zero-order valence-electron chi connectivity index (χ0n) is 10.7. The molecule has 2 rings (SSSR count). The summed E-state index contributed by atoms with van der Waals surface area (Å²) < 4.78 is 0. The second kappa shape index (κ2) is 5.82. The van der Waals surface area contributed by atoms with Gasteiger partial charge in [-0.05, 0) is 37.4 Å². The van der Waals surface area contributed by atoms with Gasteiger partial charge in [0.2, 0.25) is 0 Å². The van der Waals surface area contributed by atoms with Crippen LogP contribution in [0.15, 0.2) is 23.6 Å². The maximum atomic E-state index is 8.84. The maximum absolute atomic E-state index is 8.84. The lowest BCUT2D eigenvalue weighted by molar-refractivity contribution is 0.178. The topological polar surface area (TPSA) is 74.7 Å². The number of hydrogen-bond acceptors (Lipinski definition) is 4. The van der Waals surface area contributed by atoms with E-state index in [2.05, 4.69) is 21.1 Å². The molecule has 1 aromatic rings. The predicted molar refractivity (Wildman–Crippen MR) is 70.4 cm³/mol. The van der Waals surface area contributed by atoms with Crippen molar-refractivity contribution in [3.05, 3.63) is 29.6 Å². The van der Waals surface area contributed by atoms with Crippen LogP contribution in [0, 0.1) is 6.92 Å². The van der Waals surface area contributed by atoms with E-state index in [1.54, 1.807) is 0 Å². The van der Waals surface area contributed by atoms with Crippen LogP contribution in [0.5, 0.6) is 0 Å². The molecule has 0 spiro atoms. The van der Waals surface area contributed by atoms with Gasteiger partial charge in [0.05, 0.1) is 6.04 Å². The second-order valence-electron chi connectivity index (χ2n) is 4.88. The van der Waals surface area contributed by atoms with Crippen molar-refractivity contribution in [2.75, 3.05) is 6.54 Å². The van der Waals surface area contributed by atoms with Gasteiger partial charge in [0.15, 0.2) is 5.84 Å². The van der Waals surface area contributed by atoms with Crippen molar-refractivity contribution >= 4 is 5.84 Å². The van der Waals surface area contributed by atoms with E-state index in [0.717, 1.165) is 37.9 Å². The molecule has 0 aliphatic carbocycles. The van der Waals surface area contributed by atoms with E-state index in [1.165, 1.54) is 5.56 Å². The molecule has 0 saturated carbocycles. The van der Waals surface area contributed by atoms with Crippen LogP contribution in [0.1, 0.15) is 30.4 Å². The summed E-state index contributed by atoms with van der Waals surface area (Å²) in [5, 5.41) is 12.0. The molecule has 1 unspecified atom stereocenters. The summed E-state index contributed by atoms with van der Waals surface area (Å²) in [6, 6.07) is 2.18. The van der Waals surface area contributed by atoms with Crippen molar-refractivity contribution in [1.82, 2.24) is 9.88 Å². The Bertz CT molecular complexity index is 433.